The lowest BCUT2D eigenvalue weighted by Gasteiger charge is -2.60. The Morgan fingerprint density at radius 3 is 2.60 bits per heavy atom. The number of furan rings is 1. The second-order valence-corrected chi connectivity index (χ2v) is 11.7. The number of methoxy groups -OCH3 is 1. The summed E-state index contributed by atoms with van der Waals surface area (Å²) in [6.07, 6.45) is 6.20. The Morgan fingerprint density at radius 2 is 1.94 bits per heavy atom. The lowest BCUT2D eigenvalue weighted by Crippen LogP contribution is -2.67. The van der Waals surface area contributed by atoms with Gasteiger partial charge in [0.1, 0.15) is 12.2 Å². The first-order valence-electron chi connectivity index (χ1n) is 12.4. The number of rotatable bonds is 3. The molecule has 3 fully saturated rings. The van der Waals surface area contributed by atoms with Gasteiger partial charge in [-0.15, -0.1) is 0 Å². The summed E-state index contributed by atoms with van der Waals surface area (Å²) in [7, 11) is 1.38. The molecular weight excluding hydrogens is 448 g/mol. The highest BCUT2D eigenvalue weighted by atomic mass is 16.6. The Morgan fingerprint density at radius 1 is 1.20 bits per heavy atom. The maximum Gasteiger partial charge on any atom is 0.316 e. The molecule has 1 saturated carbocycles. The highest BCUT2D eigenvalue weighted by Crippen LogP contribution is 2.72. The zero-order valence-electron chi connectivity index (χ0n) is 21.0. The van der Waals surface area contributed by atoms with Gasteiger partial charge in [-0.3, -0.25) is 14.4 Å². The molecule has 3 heterocycles. The first-order valence-corrected chi connectivity index (χ1v) is 12.4. The molecule has 0 aromatic carbocycles. The van der Waals surface area contributed by atoms with Gasteiger partial charge in [-0.25, -0.2) is 0 Å². The molecule has 0 N–H and O–H groups in total. The fourth-order valence-corrected chi connectivity index (χ4v) is 9.01. The highest BCUT2D eigenvalue weighted by Gasteiger charge is 2.78. The second kappa shape index (κ2) is 6.96. The van der Waals surface area contributed by atoms with E-state index in [1.54, 1.807) is 18.6 Å². The third-order valence-electron chi connectivity index (χ3n) is 10.2. The normalized spacial score (nSPS) is 46.2. The van der Waals surface area contributed by atoms with Gasteiger partial charge in [-0.2, -0.15) is 0 Å². The van der Waals surface area contributed by atoms with Gasteiger partial charge in [-0.1, -0.05) is 32.4 Å². The van der Waals surface area contributed by atoms with Gasteiger partial charge in [0.25, 0.3) is 0 Å². The minimum absolute atomic E-state index is 0.0743. The van der Waals surface area contributed by atoms with Crippen molar-refractivity contribution in [2.45, 2.75) is 65.3 Å². The molecule has 0 radical (unpaired) electrons. The average molecular weight is 481 g/mol. The van der Waals surface area contributed by atoms with Crippen molar-refractivity contribution in [2.75, 3.05) is 7.11 Å². The van der Waals surface area contributed by atoms with E-state index in [2.05, 4.69) is 13.8 Å². The van der Waals surface area contributed by atoms with E-state index in [0.717, 1.165) is 17.6 Å². The summed E-state index contributed by atoms with van der Waals surface area (Å²) >= 11 is 0. The monoisotopic (exact) mass is 480 g/mol. The van der Waals surface area contributed by atoms with E-state index in [1.165, 1.54) is 18.8 Å². The zero-order chi connectivity index (χ0) is 25.1. The molecule has 0 amide bonds. The van der Waals surface area contributed by atoms with Crippen LogP contribution in [0.3, 0.4) is 0 Å². The Kier molecular flexibility index (Phi) is 4.53. The van der Waals surface area contributed by atoms with Gasteiger partial charge in [-0.05, 0) is 49.5 Å². The number of ether oxygens (including phenoxy) is 3. The first-order chi connectivity index (χ1) is 16.5. The van der Waals surface area contributed by atoms with Gasteiger partial charge >= 0.3 is 11.9 Å². The van der Waals surface area contributed by atoms with Crippen LogP contribution in [-0.2, 0) is 28.6 Å². The lowest BCUT2D eigenvalue weighted by atomic mass is 9.40. The zero-order valence-corrected chi connectivity index (χ0v) is 21.0. The summed E-state index contributed by atoms with van der Waals surface area (Å²) in [5.41, 5.74) is 0.716. The van der Waals surface area contributed by atoms with Crippen LogP contribution in [0.2, 0.25) is 0 Å². The van der Waals surface area contributed by atoms with Crippen molar-refractivity contribution in [3.8, 4) is 0 Å². The number of ketones is 1. The van der Waals surface area contributed by atoms with Crippen molar-refractivity contribution >= 4 is 17.7 Å². The molecule has 0 spiro atoms. The quantitative estimate of drug-likeness (QED) is 0.477. The molecule has 7 nitrogen and oxygen atoms in total. The smallest absolute Gasteiger partial charge is 0.316 e. The molecule has 35 heavy (non-hydrogen) atoms. The number of allylic oxidation sites excluding steroid dienone is 2. The number of fused-ring (bicyclic) bond motifs is 4. The Hall–Kier alpha value is -2.67. The predicted molar refractivity (Wildman–Crippen MR) is 124 cm³/mol. The fraction of sp³-hybridized carbons (Fsp3) is 0.607. The topological polar surface area (TPSA) is 92.0 Å². The molecule has 3 aliphatic carbocycles. The van der Waals surface area contributed by atoms with Gasteiger partial charge in [0.2, 0.25) is 0 Å². The van der Waals surface area contributed by atoms with E-state index >= 15 is 0 Å². The average Bonchev–Trinajstić information content (AvgIpc) is 3.56. The standard InChI is InChI=1S/C28H32O7/c1-13-16(15-8-10-33-12-15)11-17-19(13)28(5)21(14(2)24(30)32-6)27(4)18(29)7-9-26(3)22(27)20(23(28)34-17)35-25(26)31/h7-10,12,14,16-17,20-23H,11H2,1-6H3/t14?,16-,17?,20-,21-,22+,23-,26-,27-,28+/m1/s1. The minimum atomic E-state index is -1.02. The lowest BCUT2D eigenvalue weighted by molar-refractivity contribution is -0.198. The molecule has 7 heteroatoms. The van der Waals surface area contributed by atoms with Crippen molar-refractivity contribution in [1.29, 1.82) is 0 Å². The Bertz CT molecular complexity index is 1190. The van der Waals surface area contributed by atoms with Crippen molar-refractivity contribution in [2.24, 2.45) is 34.0 Å². The predicted octanol–water partition coefficient (Wildman–Crippen LogP) is 3.99. The third-order valence-corrected chi connectivity index (χ3v) is 10.2. The Labute approximate surface area is 204 Å². The number of hydrogen-bond acceptors (Lipinski definition) is 7. The summed E-state index contributed by atoms with van der Waals surface area (Å²) in [5.74, 6) is -2.12. The summed E-state index contributed by atoms with van der Waals surface area (Å²) in [6, 6.07) is 1.97. The van der Waals surface area contributed by atoms with E-state index in [4.69, 9.17) is 18.6 Å². The van der Waals surface area contributed by atoms with Gasteiger partial charge < -0.3 is 18.6 Å². The maximum absolute atomic E-state index is 13.8. The molecule has 10 atom stereocenters. The van der Waals surface area contributed by atoms with Crippen LogP contribution >= 0.6 is 0 Å². The highest BCUT2D eigenvalue weighted by molar-refractivity contribution is 6.00. The Balaban J connectivity index is 1.61. The fourth-order valence-electron chi connectivity index (χ4n) is 9.01. The molecule has 0 bridgehead atoms. The SMILES string of the molecule is COC(=O)C(C)[C@H]1[C@]2(C)C3=C(C)[C@H](c4ccoc4)CC3O[C@@H]2[C@@H]2OC(=O)[C@]3(C)C=CC(=O)[C@@]1(C)[C@@H]23. The van der Waals surface area contributed by atoms with Gasteiger partial charge in [0.05, 0.1) is 37.1 Å². The largest absolute Gasteiger partial charge is 0.472 e. The molecule has 2 saturated heterocycles. The molecule has 1 aromatic heterocycles. The third kappa shape index (κ3) is 2.48. The second-order valence-electron chi connectivity index (χ2n) is 11.7. The summed E-state index contributed by atoms with van der Waals surface area (Å²) in [5, 5.41) is 0. The summed E-state index contributed by atoms with van der Waals surface area (Å²) in [6.45, 7) is 9.84. The van der Waals surface area contributed by atoms with Crippen LogP contribution in [0.25, 0.3) is 0 Å². The van der Waals surface area contributed by atoms with E-state index in [1.807, 2.05) is 26.8 Å². The summed E-state index contributed by atoms with van der Waals surface area (Å²) < 4.78 is 23.4. The van der Waals surface area contributed by atoms with Gasteiger partial charge in [0, 0.05) is 22.7 Å². The molecule has 5 aliphatic rings. The number of hydrogen-bond donors (Lipinski definition) is 0. The van der Waals surface area contributed by atoms with Crippen molar-refractivity contribution < 1.29 is 33.0 Å². The number of carbonyl (C=O) groups is 3. The minimum Gasteiger partial charge on any atom is -0.472 e. The first kappa shape index (κ1) is 22.8. The van der Waals surface area contributed by atoms with E-state index in [0.29, 0.717) is 0 Å². The van der Waals surface area contributed by atoms with Gasteiger partial charge in [0.15, 0.2) is 5.78 Å². The molecular formula is C28H32O7. The van der Waals surface area contributed by atoms with Crippen LogP contribution in [0, 0.1) is 34.0 Å². The van der Waals surface area contributed by atoms with Crippen LogP contribution in [0.4, 0.5) is 0 Å². The van der Waals surface area contributed by atoms with Crippen molar-refractivity contribution in [3.63, 3.8) is 0 Å². The van der Waals surface area contributed by atoms with E-state index in [9.17, 15) is 14.4 Å². The molecule has 2 unspecified atom stereocenters. The molecule has 186 valence electrons. The van der Waals surface area contributed by atoms with E-state index in [-0.39, 0.29) is 29.7 Å². The molecule has 6 rings (SSSR count). The van der Waals surface area contributed by atoms with Crippen LogP contribution in [-0.4, -0.2) is 43.1 Å². The van der Waals surface area contributed by atoms with Crippen LogP contribution in [0.15, 0.2) is 46.3 Å². The summed E-state index contributed by atoms with van der Waals surface area (Å²) in [4.78, 5) is 40.2. The van der Waals surface area contributed by atoms with Crippen LogP contribution < -0.4 is 0 Å². The van der Waals surface area contributed by atoms with Crippen molar-refractivity contribution in [1.82, 2.24) is 0 Å². The van der Waals surface area contributed by atoms with Crippen molar-refractivity contribution in [3.05, 3.63) is 47.5 Å². The maximum atomic E-state index is 13.8. The van der Waals surface area contributed by atoms with Crippen LogP contribution in [0.1, 0.15) is 52.5 Å². The number of esters is 2. The molecule has 1 aromatic rings. The van der Waals surface area contributed by atoms with E-state index < -0.39 is 46.2 Å². The molecule has 2 aliphatic heterocycles. The van der Waals surface area contributed by atoms with Crippen LogP contribution in [0.5, 0.6) is 0 Å². The number of carbonyl (C=O) groups excluding carboxylic acids is 3.